The van der Waals surface area contributed by atoms with E-state index in [1.807, 2.05) is 6.07 Å². The Labute approximate surface area is 86.2 Å². The first-order valence-electron chi connectivity index (χ1n) is 4.35. The zero-order valence-electron chi connectivity index (χ0n) is 7.29. The van der Waals surface area contributed by atoms with E-state index in [0.29, 0.717) is 6.61 Å². The number of rotatable bonds is 3. The van der Waals surface area contributed by atoms with Crippen LogP contribution in [0.5, 0.6) is 0 Å². The predicted octanol–water partition coefficient (Wildman–Crippen LogP) is 2.37. The number of benzene rings is 1. The van der Waals surface area contributed by atoms with Gasteiger partial charge in [-0.2, -0.15) is 0 Å². The number of halogens is 1. The van der Waals surface area contributed by atoms with Crippen LogP contribution in [0.1, 0.15) is 18.4 Å². The van der Waals surface area contributed by atoms with Crippen molar-refractivity contribution >= 4 is 15.9 Å². The van der Waals surface area contributed by atoms with Crippen molar-refractivity contribution in [3.8, 4) is 0 Å². The minimum absolute atomic E-state index is 0.207. The minimum atomic E-state index is 0.207. The van der Waals surface area contributed by atoms with Gasteiger partial charge in [0.05, 0.1) is 6.61 Å². The fraction of sp³-hybridized carbons (Fsp3) is 0.400. The molecule has 0 atom stereocenters. The number of hydrogen-bond acceptors (Lipinski definition) is 2. The lowest BCUT2D eigenvalue weighted by atomic mass is 9.97. The van der Waals surface area contributed by atoms with Crippen LogP contribution in [0.3, 0.4) is 0 Å². The van der Waals surface area contributed by atoms with Crippen LogP contribution < -0.4 is 5.90 Å². The van der Waals surface area contributed by atoms with Gasteiger partial charge in [0.15, 0.2) is 0 Å². The summed E-state index contributed by atoms with van der Waals surface area (Å²) in [7, 11) is 0. The fourth-order valence-corrected chi connectivity index (χ4v) is 2.04. The summed E-state index contributed by atoms with van der Waals surface area (Å²) in [5.41, 5.74) is 1.53. The molecule has 0 saturated heterocycles. The molecule has 13 heavy (non-hydrogen) atoms. The molecule has 1 aromatic carbocycles. The number of nitrogens with two attached hydrogens (primary N) is 1. The van der Waals surface area contributed by atoms with E-state index in [9.17, 15) is 0 Å². The third-order valence-corrected chi connectivity index (χ3v) is 3.14. The van der Waals surface area contributed by atoms with E-state index in [0.717, 1.165) is 4.47 Å². The molecule has 0 bridgehead atoms. The Morgan fingerprint density at radius 3 is 2.77 bits per heavy atom. The van der Waals surface area contributed by atoms with Gasteiger partial charge in [0.2, 0.25) is 0 Å². The molecule has 0 unspecified atom stereocenters. The molecule has 0 radical (unpaired) electrons. The van der Waals surface area contributed by atoms with Gasteiger partial charge >= 0.3 is 0 Å². The van der Waals surface area contributed by atoms with E-state index in [-0.39, 0.29) is 5.41 Å². The largest absolute Gasteiger partial charge is 0.304 e. The van der Waals surface area contributed by atoms with Crippen molar-refractivity contribution in [2.45, 2.75) is 18.3 Å². The molecule has 0 spiro atoms. The zero-order valence-corrected chi connectivity index (χ0v) is 8.88. The first-order valence-corrected chi connectivity index (χ1v) is 5.14. The highest BCUT2D eigenvalue weighted by Gasteiger charge is 2.44. The van der Waals surface area contributed by atoms with E-state index < -0.39 is 0 Å². The van der Waals surface area contributed by atoms with Gasteiger partial charge in [-0.15, -0.1) is 0 Å². The van der Waals surface area contributed by atoms with Gasteiger partial charge in [-0.05, 0) is 30.5 Å². The van der Waals surface area contributed by atoms with Gasteiger partial charge < -0.3 is 4.84 Å². The molecule has 0 heterocycles. The molecule has 2 nitrogen and oxygen atoms in total. The van der Waals surface area contributed by atoms with Crippen molar-refractivity contribution in [3.05, 3.63) is 34.3 Å². The second-order valence-electron chi connectivity index (χ2n) is 3.60. The first-order chi connectivity index (χ1) is 6.27. The summed E-state index contributed by atoms with van der Waals surface area (Å²) in [6.45, 7) is 0.628. The Kier molecular flexibility index (Phi) is 2.41. The van der Waals surface area contributed by atoms with Crippen molar-refractivity contribution in [2.75, 3.05) is 6.61 Å². The lowest BCUT2D eigenvalue weighted by Crippen LogP contribution is -2.17. The van der Waals surface area contributed by atoms with Crippen LogP contribution in [0, 0.1) is 0 Å². The van der Waals surface area contributed by atoms with Gasteiger partial charge in [0, 0.05) is 9.89 Å². The summed E-state index contributed by atoms with van der Waals surface area (Å²) in [5.74, 6) is 5.12. The van der Waals surface area contributed by atoms with Crippen molar-refractivity contribution < 1.29 is 4.84 Å². The van der Waals surface area contributed by atoms with Crippen LogP contribution in [-0.2, 0) is 10.3 Å². The number of hydrogen-bond donors (Lipinski definition) is 1. The smallest absolute Gasteiger partial charge is 0.0775 e. The quantitative estimate of drug-likeness (QED) is 0.826. The van der Waals surface area contributed by atoms with Gasteiger partial charge in [0.25, 0.3) is 0 Å². The van der Waals surface area contributed by atoms with Crippen LogP contribution in [0.15, 0.2) is 28.7 Å². The molecule has 2 rings (SSSR count). The Morgan fingerprint density at radius 1 is 1.46 bits per heavy atom. The summed E-state index contributed by atoms with van der Waals surface area (Å²) in [6.07, 6.45) is 2.36. The SMILES string of the molecule is NOCC1(c2cccc(Br)c2)CC1. The molecule has 1 fully saturated rings. The van der Waals surface area contributed by atoms with Crippen LogP contribution in [0.2, 0.25) is 0 Å². The van der Waals surface area contributed by atoms with Gasteiger partial charge in [-0.3, -0.25) is 0 Å². The van der Waals surface area contributed by atoms with E-state index >= 15 is 0 Å². The standard InChI is InChI=1S/C10H12BrNO/c11-9-3-1-2-8(6-9)10(4-5-10)7-13-12/h1-3,6H,4-5,7,12H2. The monoisotopic (exact) mass is 241 g/mol. The fourth-order valence-electron chi connectivity index (χ4n) is 1.65. The topological polar surface area (TPSA) is 35.2 Å². The Morgan fingerprint density at radius 2 is 2.23 bits per heavy atom. The van der Waals surface area contributed by atoms with E-state index in [2.05, 4.69) is 34.1 Å². The second-order valence-corrected chi connectivity index (χ2v) is 4.52. The van der Waals surface area contributed by atoms with E-state index in [1.165, 1.54) is 18.4 Å². The minimum Gasteiger partial charge on any atom is -0.304 e. The van der Waals surface area contributed by atoms with E-state index in [4.69, 9.17) is 10.7 Å². The molecule has 3 heteroatoms. The molecule has 1 aromatic rings. The molecule has 0 amide bonds. The molecule has 2 N–H and O–H groups in total. The molecule has 1 saturated carbocycles. The van der Waals surface area contributed by atoms with Crippen molar-refractivity contribution in [2.24, 2.45) is 5.90 Å². The summed E-state index contributed by atoms with van der Waals surface area (Å²) < 4.78 is 1.12. The van der Waals surface area contributed by atoms with Crippen LogP contribution >= 0.6 is 15.9 Å². The van der Waals surface area contributed by atoms with Gasteiger partial charge in [0.1, 0.15) is 0 Å². The highest BCUT2D eigenvalue weighted by Crippen LogP contribution is 2.48. The Hall–Kier alpha value is -0.380. The molecule has 1 aliphatic carbocycles. The van der Waals surface area contributed by atoms with Gasteiger partial charge in [-0.25, -0.2) is 5.90 Å². The lowest BCUT2D eigenvalue weighted by Gasteiger charge is -2.13. The third kappa shape index (κ3) is 1.77. The first kappa shape index (κ1) is 9.19. The second kappa shape index (κ2) is 3.40. The highest BCUT2D eigenvalue weighted by molar-refractivity contribution is 9.10. The van der Waals surface area contributed by atoms with Crippen LogP contribution in [0.4, 0.5) is 0 Å². The van der Waals surface area contributed by atoms with Crippen molar-refractivity contribution in [1.82, 2.24) is 0 Å². The average molecular weight is 242 g/mol. The average Bonchev–Trinajstić information content (AvgIpc) is 2.86. The lowest BCUT2D eigenvalue weighted by molar-refractivity contribution is 0.116. The van der Waals surface area contributed by atoms with Crippen LogP contribution in [0.25, 0.3) is 0 Å². The maximum atomic E-state index is 5.12. The van der Waals surface area contributed by atoms with E-state index in [1.54, 1.807) is 0 Å². The zero-order chi connectivity index (χ0) is 9.31. The summed E-state index contributed by atoms with van der Waals surface area (Å²) in [4.78, 5) is 4.75. The Bertz CT molecular complexity index is 310. The molecular formula is C10H12BrNO. The maximum absolute atomic E-state index is 5.12. The van der Waals surface area contributed by atoms with Crippen molar-refractivity contribution in [3.63, 3.8) is 0 Å². The maximum Gasteiger partial charge on any atom is 0.0775 e. The molecule has 1 aliphatic rings. The summed E-state index contributed by atoms with van der Waals surface area (Å²) in [5, 5.41) is 0. The normalized spacial score (nSPS) is 18.6. The van der Waals surface area contributed by atoms with Crippen molar-refractivity contribution in [1.29, 1.82) is 0 Å². The molecule has 0 aromatic heterocycles. The third-order valence-electron chi connectivity index (χ3n) is 2.65. The van der Waals surface area contributed by atoms with Crippen LogP contribution in [-0.4, -0.2) is 6.61 Å². The molecule has 70 valence electrons. The highest BCUT2D eigenvalue weighted by atomic mass is 79.9. The predicted molar refractivity (Wildman–Crippen MR) is 55.2 cm³/mol. The summed E-state index contributed by atoms with van der Waals surface area (Å²) in [6, 6.07) is 8.36. The summed E-state index contributed by atoms with van der Waals surface area (Å²) >= 11 is 3.46. The van der Waals surface area contributed by atoms with Gasteiger partial charge in [-0.1, -0.05) is 28.1 Å². The Balaban J connectivity index is 2.25. The molecular weight excluding hydrogens is 230 g/mol. The molecule has 0 aliphatic heterocycles.